The van der Waals surface area contributed by atoms with E-state index >= 15 is 0 Å². The molecule has 1 aliphatic heterocycles. The lowest BCUT2D eigenvalue weighted by Crippen LogP contribution is -2.43. The molecule has 0 radical (unpaired) electrons. The second-order valence-corrected chi connectivity index (χ2v) is 5.07. The highest BCUT2D eigenvalue weighted by molar-refractivity contribution is 5.85. The third kappa shape index (κ3) is 4.69. The number of halogens is 1. The molecule has 1 heterocycles. The van der Waals surface area contributed by atoms with Crippen LogP contribution in [0.15, 0.2) is 24.3 Å². The maximum Gasteiger partial charge on any atom is 0.239 e. The first-order valence-electron chi connectivity index (χ1n) is 6.84. The molecule has 1 aromatic carbocycles. The van der Waals surface area contributed by atoms with Crippen LogP contribution in [0.25, 0.3) is 0 Å². The van der Waals surface area contributed by atoms with Gasteiger partial charge in [0.2, 0.25) is 5.91 Å². The zero-order valence-corrected chi connectivity index (χ0v) is 12.9. The van der Waals surface area contributed by atoms with Gasteiger partial charge in [-0.25, -0.2) is 0 Å². The Morgan fingerprint density at radius 2 is 2.10 bits per heavy atom. The number of carbonyl (C=O) groups excluding carboxylic acids is 1. The normalized spacial score (nSPS) is 17.4. The molecule has 1 N–H and O–H groups in total. The molecule has 1 saturated heterocycles. The monoisotopic (exact) mass is 298 g/mol. The molecule has 0 aromatic heterocycles. The highest BCUT2D eigenvalue weighted by Crippen LogP contribution is 2.11. The van der Waals surface area contributed by atoms with Gasteiger partial charge in [0.05, 0.1) is 12.6 Å². The van der Waals surface area contributed by atoms with Crippen LogP contribution in [0, 0.1) is 6.92 Å². The first kappa shape index (κ1) is 16.8. The summed E-state index contributed by atoms with van der Waals surface area (Å²) < 4.78 is 5.63. The summed E-state index contributed by atoms with van der Waals surface area (Å²) in [4.78, 5) is 13.8. The molecule has 5 heteroatoms. The maximum atomic E-state index is 12.0. The molecule has 1 aliphatic rings. The minimum Gasteiger partial charge on any atom is -0.492 e. The van der Waals surface area contributed by atoms with Gasteiger partial charge < -0.3 is 15.0 Å². The van der Waals surface area contributed by atoms with Crippen molar-refractivity contribution < 1.29 is 9.53 Å². The van der Waals surface area contributed by atoms with Crippen LogP contribution >= 0.6 is 12.4 Å². The smallest absolute Gasteiger partial charge is 0.239 e. The third-order valence-electron chi connectivity index (χ3n) is 3.45. The van der Waals surface area contributed by atoms with Gasteiger partial charge in [-0.15, -0.1) is 12.4 Å². The minimum atomic E-state index is 0. The first-order valence-corrected chi connectivity index (χ1v) is 6.84. The van der Waals surface area contributed by atoms with Crippen molar-refractivity contribution >= 4 is 18.3 Å². The van der Waals surface area contributed by atoms with E-state index in [9.17, 15) is 4.79 Å². The summed E-state index contributed by atoms with van der Waals surface area (Å²) in [6.07, 6.45) is 2.03. The van der Waals surface area contributed by atoms with Crippen molar-refractivity contribution in [3.8, 4) is 5.75 Å². The summed E-state index contributed by atoms with van der Waals surface area (Å²) in [5, 5.41) is 3.22. The Morgan fingerprint density at radius 1 is 1.40 bits per heavy atom. The van der Waals surface area contributed by atoms with E-state index < -0.39 is 0 Å². The van der Waals surface area contributed by atoms with Gasteiger partial charge in [-0.05, 0) is 38.4 Å². The van der Waals surface area contributed by atoms with Crippen molar-refractivity contribution in [3.63, 3.8) is 0 Å². The number of benzene rings is 1. The highest BCUT2D eigenvalue weighted by atomic mass is 35.5. The van der Waals surface area contributed by atoms with Gasteiger partial charge in [-0.2, -0.15) is 0 Å². The fourth-order valence-corrected chi connectivity index (χ4v) is 2.21. The predicted octanol–water partition coefficient (Wildman–Crippen LogP) is 2.01. The maximum absolute atomic E-state index is 12.0. The molecule has 1 fully saturated rings. The number of carbonyl (C=O) groups is 1. The Morgan fingerprint density at radius 3 is 2.70 bits per heavy atom. The molecule has 1 amide bonds. The topological polar surface area (TPSA) is 41.6 Å². The molecular weight excluding hydrogens is 276 g/mol. The number of hydrogen-bond donors (Lipinski definition) is 1. The average Bonchev–Trinajstić information content (AvgIpc) is 2.94. The summed E-state index contributed by atoms with van der Waals surface area (Å²) in [6.45, 7) is 4.14. The Labute approximate surface area is 126 Å². The van der Waals surface area contributed by atoms with Crippen LogP contribution < -0.4 is 10.1 Å². The molecule has 0 saturated carbocycles. The van der Waals surface area contributed by atoms with Crippen LogP contribution in [0.2, 0.25) is 0 Å². The molecule has 1 atom stereocenters. The summed E-state index contributed by atoms with van der Waals surface area (Å²) in [5.41, 5.74) is 1.21. The zero-order valence-electron chi connectivity index (χ0n) is 12.1. The van der Waals surface area contributed by atoms with E-state index in [1.807, 2.05) is 38.2 Å². The van der Waals surface area contributed by atoms with Crippen molar-refractivity contribution in [1.82, 2.24) is 10.2 Å². The van der Waals surface area contributed by atoms with Crippen molar-refractivity contribution in [3.05, 3.63) is 29.8 Å². The van der Waals surface area contributed by atoms with E-state index in [1.54, 1.807) is 4.90 Å². The number of hydrogen-bond acceptors (Lipinski definition) is 3. The lowest BCUT2D eigenvalue weighted by Gasteiger charge is -2.21. The standard InChI is InChI=1S/C15H22N2O2.ClH/c1-12-5-7-13(8-6-12)19-11-10-17(2)15(18)14-4-3-9-16-14;/h5-8,14,16H,3-4,9-11H2,1-2H3;1H. The summed E-state index contributed by atoms with van der Waals surface area (Å²) >= 11 is 0. The predicted molar refractivity (Wildman–Crippen MR) is 82.6 cm³/mol. The molecule has 0 aliphatic carbocycles. The van der Waals surface area contributed by atoms with E-state index in [-0.39, 0.29) is 24.4 Å². The number of amides is 1. The van der Waals surface area contributed by atoms with E-state index in [0.29, 0.717) is 13.2 Å². The summed E-state index contributed by atoms with van der Waals surface area (Å²) in [5.74, 6) is 1.02. The molecule has 20 heavy (non-hydrogen) atoms. The SMILES string of the molecule is Cc1ccc(OCCN(C)C(=O)C2CCCN2)cc1.Cl. The quantitative estimate of drug-likeness (QED) is 0.904. The van der Waals surface area contributed by atoms with E-state index in [1.165, 1.54) is 5.56 Å². The number of rotatable bonds is 5. The molecule has 2 rings (SSSR count). The van der Waals surface area contributed by atoms with Gasteiger partial charge in [0.15, 0.2) is 0 Å². The molecule has 0 spiro atoms. The van der Waals surface area contributed by atoms with Crippen LogP contribution in [-0.4, -0.2) is 43.6 Å². The molecule has 0 bridgehead atoms. The van der Waals surface area contributed by atoms with E-state index in [2.05, 4.69) is 5.32 Å². The average molecular weight is 299 g/mol. The van der Waals surface area contributed by atoms with Crippen molar-refractivity contribution in [2.45, 2.75) is 25.8 Å². The first-order chi connectivity index (χ1) is 9.16. The van der Waals surface area contributed by atoms with E-state index in [0.717, 1.165) is 25.1 Å². The largest absolute Gasteiger partial charge is 0.492 e. The van der Waals surface area contributed by atoms with Gasteiger partial charge in [-0.1, -0.05) is 17.7 Å². The number of aryl methyl sites for hydroxylation is 1. The Kier molecular flexibility index (Phi) is 6.82. The number of nitrogens with zero attached hydrogens (tertiary/aromatic N) is 1. The molecule has 112 valence electrons. The zero-order chi connectivity index (χ0) is 13.7. The Bertz CT molecular complexity index is 416. The van der Waals surface area contributed by atoms with Crippen LogP contribution in [0.5, 0.6) is 5.75 Å². The van der Waals surface area contributed by atoms with Crippen molar-refractivity contribution in [2.24, 2.45) is 0 Å². The van der Waals surface area contributed by atoms with Crippen LogP contribution in [0.1, 0.15) is 18.4 Å². The summed E-state index contributed by atoms with van der Waals surface area (Å²) in [6, 6.07) is 7.95. The van der Waals surface area contributed by atoms with Crippen LogP contribution in [0.4, 0.5) is 0 Å². The second kappa shape index (κ2) is 8.12. The van der Waals surface area contributed by atoms with Gasteiger partial charge in [0, 0.05) is 7.05 Å². The Balaban J connectivity index is 0.00000200. The van der Waals surface area contributed by atoms with Crippen LogP contribution in [-0.2, 0) is 4.79 Å². The fourth-order valence-electron chi connectivity index (χ4n) is 2.21. The fraction of sp³-hybridized carbons (Fsp3) is 0.533. The van der Waals surface area contributed by atoms with Crippen LogP contribution in [0.3, 0.4) is 0 Å². The summed E-state index contributed by atoms with van der Waals surface area (Å²) in [7, 11) is 1.83. The lowest BCUT2D eigenvalue weighted by atomic mass is 10.2. The molecular formula is C15H23ClN2O2. The van der Waals surface area contributed by atoms with Gasteiger partial charge >= 0.3 is 0 Å². The molecule has 1 unspecified atom stereocenters. The minimum absolute atomic E-state index is 0. The lowest BCUT2D eigenvalue weighted by molar-refractivity contribution is -0.132. The number of ether oxygens (including phenoxy) is 1. The number of likely N-dealkylation sites (N-methyl/N-ethyl adjacent to an activating group) is 1. The molecule has 1 aromatic rings. The van der Waals surface area contributed by atoms with Gasteiger partial charge in [-0.3, -0.25) is 4.79 Å². The Hall–Kier alpha value is -1.26. The van der Waals surface area contributed by atoms with Crippen molar-refractivity contribution in [1.29, 1.82) is 0 Å². The van der Waals surface area contributed by atoms with Gasteiger partial charge in [0.25, 0.3) is 0 Å². The van der Waals surface area contributed by atoms with Crippen molar-refractivity contribution in [2.75, 3.05) is 26.7 Å². The highest BCUT2D eigenvalue weighted by Gasteiger charge is 2.24. The second-order valence-electron chi connectivity index (χ2n) is 5.07. The third-order valence-corrected chi connectivity index (χ3v) is 3.45. The van der Waals surface area contributed by atoms with Gasteiger partial charge in [0.1, 0.15) is 12.4 Å². The number of nitrogens with one attached hydrogen (secondary N) is 1. The molecule has 4 nitrogen and oxygen atoms in total. The van der Waals surface area contributed by atoms with E-state index in [4.69, 9.17) is 4.74 Å².